The number of nitrogens with one attached hydrogen (secondary N) is 2. The van der Waals surface area contributed by atoms with Crippen molar-refractivity contribution in [3.8, 4) is 0 Å². The molecule has 0 fully saturated rings. The highest BCUT2D eigenvalue weighted by molar-refractivity contribution is 6.30. The fourth-order valence-corrected chi connectivity index (χ4v) is 2.40. The molecule has 0 aromatic heterocycles. The maximum Gasteiger partial charge on any atom is 0.257 e. The monoisotopic (exact) mass is 312 g/mol. The fourth-order valence-electron chi connectivity index (χ4n) is 2.22. The van der Waals surface area contributed by atoms with Crippen molar-refractivity contribution >= 4 is 35.2 Å². The lowest BCUT2D eigenvalue weighted by molar-refractivity contribution is -0.119. The minimum atomic E-state index is -0.596. The minimum Gasteiger partial charge on any atom is -0.370 e. The maximum atomic E-state index is 12.2. The molecule has 5 heteroatoms. The average molecular weight is 313 g/mol. The molecule has 1 unspecified atom stereocenters. The summed E-state index contributed by atoms with van der Waals surface area (Å²) in [6, 6.07) is 13.4. The topological polar surface area (TPSA) is 58.2 Å². The SMILES string of the molecule is O=C(NC(=O)C1C=Cc2cc(Cl)ccc2N1)c1ccccc1. The number of fused-ring (bicyclic) bond motifs is 1. The third kappa shape index (κ3) is 3.02. The van der Waals surface area contributed by atoms with Gasteiger partial charge in [0.2, 0.25) is 0 Å². The van der Waals surface area contributed by atoms with E-state index in [1.165, 1.54) is 0 Å². The predicted molar refractivity (Wildman–Crippen MR) is 86.8 cm³/mol. The smallest absolute Gasteiger partial charge is 0.257 e. The second-order valence-corrected chi connectivity index (χ2v) is 5.33. The Balaban J connectivity index is 1.70. The number of amides is 2. The highest BCUT2D eigenvalue weighted by Gasteiger charge is 2.21. The van der Waals surface area contributed by atoms with Crippen LogP contribution in [0.1, 0.15) is 15.9 Å². The van der Waals surface area contributed by atoms with E-state index in [1.807, 2.05) is 18.2 Å². The van der Waals surface area contributed by atoms with Gasteiger partial charge >= 0.3 is 0 Å². The number of benzene rings is 2. The van der Waals surface area contributed by atoms with Crippen LogP contribution in [0.5, 0.6) is 0 Å². The van der Waals surface area contributed by atoms with Gasteiger partial charge in [0.05, 0.1) is 0 Å². The Hall–Kier alpha value is -2.59. The van der Waals surface area contributed by atoms with Crippen molar-refractivity contribution in [3.63, 3.8) is 0 Å². The molecule has 22 heavy (non-hydrogen) atoms. The number of carbonyl (C=O) groups is 2. The molecule has 1 aliphatic heterocycles. The van der Waals surface area contributed by atoms with Crippen LogP contribution in [0.15, 0.2) is 54.6 Å². The zero-order chi connectivity index (χ0) is 15.5. The Morgan fingerprint density at radius 3 is 2.64 bits per heavy atom. The van der Waals surface area contributed by atoms with Crippen LogP contribution in [-0.4, -0.2) is 17.9 Å². The Bertz CT molecular complexity index is 757. The quantitative estimate of drug-likeness (QED) is 0.838. The summed E-state index contributed by atoms with van der Waals surface area (Å²) >= 11 is 5.93. The van der Waals surface area contributed by atoms with Crippen molar-refractivity contribution in [3.05, 3.63) is 70.8 Å². The molecular formula is C17H13ClN2O2. The van der Waals surface area contributed by atoms with Crippen molar-refractivity contribution in [1.82, 2.24) is 5.32 Å². The van der Waals surface area contributed by atoms with E-state index < -0.39 is 17.9 Å². The minimum absolute atomic E-state index is 0.397. The Kier molecular flexibility index (Phi) is 3.94. The molecule has 0 bridgehead atoms. The second-order valence-electron chi connectivity index (χ2n) is 4.90. The zero-order valence-corrected chi connectivity index (χ0v) is 12.3. The van der Waals surface area contributed by atoms with E-state index in [0.717, 1.165) is 11.3 Å². The molecule has 1 atom stereocenters. The van der Waals surface area contributed by atoms with Gasteiger partial charge in [-0.15, -0.1) is 0 Å². The van der Waals surface area contributed by atoms with Crippen LogP contribution in [0.3, 0.4) is 0 Å². The first-order valence-electron chi connectivity index (χ1n) is 6.78. The van der Waals surface area contributed by atoms with E-state index in [-0.39, 0.29) is 0 Å². The highest BCUT2D eigenvalue weighted by atomic mass is 35.5. The van der Waals surface area contributed by atoms with Crippen molar-refractivity contribution in [2.45, 2.75) is 6.04 Å². The van der Waals surface area contributed by atoms with Crippen LogP contribution < -0.4 is 10.6 Å². The highest BCUT2D eigenvalue weighted by Crippen LogP contribution is 2.26. The van der Waals surface area contributed by atoms with Crippen LogP contribution >= 0.6 is 11.6 Å². The van der Waals surface area contributed by atoms with Gasteiger partial charge in [0.1, 0.15) is 6.04 Å². The van der Waals surface area contributed by atoms with Crippen LogP contribution in [-0.2, 0) is 4.79 Å². The molecule has 0 saturated heterocycles. The van der Waals surface area contributed by atoms with Gasteiger partial charge in [-0.3, -0.25) is 14.9 Å². The van der Waals surface area contributed by atoms with Crippen molar-refractivity contribution in [1.29, 1.82) is 0 Å². The first-order valence-corrected chi connectivity index (χ1v) is 7.16. The number of imide groups is 1. The molecule has 1 heterocycles. The summed E-state index contributed by atoms with van der Waals surface area (Å²) in [5.74, 6) is -0.812. The van der Waals surface area contributed by atoms with E-state index in [0.29, 0.717) is 10.6 Å². The maximum absolute atomic E-state index is 12.2. The van der Waals surface area contributed by atoms with Gasteiger partial charge in [0.15, 0.2) is 0 Å². The Morgan fingerprint density at radius 2 is 1.86 bits per heavy atom. The molecular weight excluding hydrogens is 300 g/mol. The summed E-state index contributed by atoms with van der Waals surface area (Å²) in [5.41, 5.74) is 2.16. The van der Waals surface area contributed by atoms with E-state index in [4.69, 9.17) is 11.6 Å². The van der Waals surface area contributed by atoms with Gasteiger partial charge in [-0.2, -0.15) is 0 Å². The van der Waals surface area contributed by atoms with Crippen molar-refractivity contribution in [2.24, 2.45) is 0 Å². The summed E-state index contributed by atoms with van der Waals surface area (Å²) < 4.78 is 0. The van der Waals surface area contributed by atoms with E-state index >= 15 is 0 Å². The van der Waals surface area contributed by atoms with Crippen LogP contribution in [0.4, 0.5) is 5.69 Å². The van der Waals surface area contributed by atoms with Crippen molar-refractivity contribution in [2.75, 3.05) is 5.32 Å². The molecule has 0 aliphatic carbocycles. The van der Waals surface area contributed by atoms with Gasteiger partial charge < -0.3 is 5.32 Å². The lowest BCUT2D eigenvalue weighted by Gasteiger charge is -2.21. The average Bonchev–Trinajstić information content (AvgIpc) is 2.55. The zero-order valence-electron chi connectivity index (χ0n) is 11.5. The Labute approximate surface area is 132 Å². The molecule has 1 aliphatic rings. The van der Waals surface area contributed by atoms with Crippen LogP contribution in [0.2, 0.25) is 5.02 Å². The molecule has 0 radical (unpaired) electrons. The molecule has 3 rings (SSSR count). The van der Waals surface area contributed by atoms with E-state index in [2.05, 4.69) is 10.6 Å². The Morgan fingerprint density at radius 1 is 1.09 bits per heavy atom. The number of anilines is 1. The molecule has 2 aromatic carbocycles. The van der Waals surface area contributed by atoms with E-state index in [9.17, 15) is 9.59 Å². The van der Waals surface area contributed by atoms with Gasteiger partial charge in [0.25, 0.3) is 11.8 Å². The lowest BCUT2D eigenvalue weighted by Crippen LogP contribution is -2.42. The first kappa shape index (κ1) is 14.4. The molecule has 0 spiro atoms. The number of halogens is 1. The standard InChI is InChI=1S/C17H13ClN2O2/c18-13-7-9-14-12(10-13)6-8-15(19-14)17(22)20-16(21)11-4-2-1-3-5-11/h1-10,15,19H,(H,20,21,22). The normalized spacial score (nSPS) is 15.6. The van der Waals surface area contributed by atoms with Crippen LogP contribution in [0, 0.1) is 0 Å². The van der Waals surface area contributed by atoms with Gasteiger partial charge in [-0.1, -0.05) is 42.0 Å². The summed E-state index contributed by atoms with van der Waals surface area (Å²) in [5, 5.41) is 6.09. The summed E-state index contributed by atoms with van der Waals surface area (Å²) in [6.45, 7) is 0. The van der Waals surface area contributed by atoms with Gasteiger partial charge in [-0.05, 0) is 35.9 Å². The summed E-state index contributed by atoms with van der Waals surface area (Å²) in [6.07, 6.45) is 3.52. The fraction of sp³-hybridized carbons (Fsp3) is 0.0588. The van der Waals surface area contributed by atoms with Crippen LogP contribution in [0.25, 0.3) is 6.08 Å². The van der Waals surface area contributed by atoms with E-state index in [1.54, 1.807) is 42.5 Å². The van der Waals surface area contributed by atoms with Gasteiger partial charge in [-0.25, -0.2) is 0 Å². The molecule has 2 aromatic rings. The van der Waals surface area contributed by atoms with Gasteiger partial charge in [0, 0.05) is 16.3 Å². The number of hydrogen-bond donors (Lipinski definition) is 2. The molecule has 0 saturated carbocycles. The number of carbonyl (C=O) groups excluding carboxylic acids is 2. The predicted octanol–water partition coefficient (Wildman–Crippen LogP) is 3.10. The first-order chi connectivity index (χ1) is 10.6. The summed E-state index contributed by atoms with van der Waals surface area (Å²) in [4.78, 5) is 24.2. The second kappa shape index (κ2) is 6.03. The molecule has 2 N–H and O–H groups in total. The summed E-state index contributed by atoms with van der Waals surface area (Å²) in [7, 11) is 0. The third-order valence-electron chi connectivity index (χ3n) is 3.35. The van der Waals surface area contributed by atoms with Crippen molar-refractivity contribution < 1.29 is 9.59 Å². The number of hydrogen-bond acceptors (Lipinski definition) is 3. The lowest BCUT2D eigenvalue weighted by atomic mass is 10.1. The number of rotatable bonds is 2. The third-order valence-corrected chi connectivity index (χ3v) is 3.58. The largest absolute Gasteiger partial charge is 0.370 e. The molecule has 110 valence electrons. The molecule has 2 amide bonds. The molecule has 4 nitrogen and oxygen atoms in total.